The summed E-state index contributed by atoms with van der Waals surface area (Å²) in [6.45, 7) is 3.63. The summed E-state index contributed by atoms with van der Waals surface area (Å²) in [4.78, 5) is 41.9. The van der Waals surface area contributed by atoms with E-state index in [1.165, 1.54) is 24.1 Å². The molecule has 2 aromatic carbocycles. The fraction of sp³-hybridized carbons (Fsp3) is 0.423. The molecule has 0 radical (unpaired) electrons. The topological polar surface area (TPSA) is 91.0 Å². The number of halogens is 2. The molecule has 0 aliphatic carbocycles. The maximum atomic E-state index is 14.9. The van der Waals surface area contributed by atoms with E-state index in [0.717, 1.165) is 18.9 Å². The van der Waals surface area contributed by atoms with Gasteiger partial charge in [-0.15, -0.1) is 0 Å². The number of rotatable bonds is 6. The highest BCUT2D eigenvalue weighted by Crippen LogP contribution is 2.26. The molecule has 2 aliphatic heterocycles. The Morgan fingerprint density at radius 1 is 1.11 bits per heavy atom. The Morgan fingerprint density at radius 2 is 1.86 bits per heavy atom. The van der Waals surface area contributed by atoms with Crippen LogP contribution in [0.2, 0.25) is 5.02 Å². The lowest BCUT2D eigenvalue weighted by Crippen LogP contribution is -2.45. The quantitative estimate of drug-likeness (QED) is 0.586. The highest BCUT2D eigenvalue weighted by molar-refractivity contribution is 6.30. The van der Waals surface area contributed by atoms with E-state index >= 15 is 0 Å². The number of likely N-dealkylation sites (tertiary alicyclic amines) is 2. The zero-order valence-electron chi connectivity index (χ0n) is 20.3. The van der Waals surface area contributed by atoms with Crippen molar-refractivity contribution in [1.29, 1.82) is 0 Å². The predicted octanol–water partition coefficient (Wildman–Crippen LogP) is 4.61. The molecule has 36 heavy (non-hydrogen) atoms. The number of nitrogens with one attached hydrogen (secondary N) is 2. The molecule has 2 aromatic rings. The van der Waals surface area contributed by atoms with Crippen LogP contribution in [0.1, 0.15) is 36.5 Å². The van der Waals surface area contributed by atoms with E-state index in [1.807, 2.05) is 0 Å². The first-order valence-electron chi connectivity index (χ1n) is 12.0. The van der Waals surface area contributed by atoms with Crippen molar-refractivity contribution in [3.63, 3.8) is 0 Å². The largest absolute Gasteiger partial charge is 0.380 e. The molecule has 2 saturated heterocycles. The minimum absolute atomic E-state index is 0.0525. The molecule has 10 heteroatoms. The Hall–Kier alpha value is -3.17. The molecule has 3 atom stereocenters. The molecule has 2 heterocycles. The Bertz CT molecular complexity index is 1130. The lowest BCUT2D eigenvalue weighted by molar-refractivity contribution is -0.119. The van der Waals surface area contributed by atoms with Gasteiger partial charge in [-0.3, -0.25) is 9.59 Å². The number of carbonyl (C=O) groups excluding carboxylic acids is 3. The fourth-order valence-electron chi connectivity index (χ4n) is 4.67. The second-order valence-corrected chi connectivity index (χ2v) is 9.63. The number of methoxy groups -OCH3 is 1. The molecular formula is C26H30ClFN4O4. The minimum atomic E-state index is -0.862. The Morgan fingerprint density at radius 3 is 2.50 bits per heavy atom. The van der Waals surface area contributed by atoms with E-state index in [4.69, 9.17) is 16.3 Å². The number of hydrogen-bond acceptors (Lipinski definition) is 4. The van der Waals surface area contributed by atoms with Gasteiger partial charge in [-0.1, -0.05) is 24.9 Å². The van der Waals surface area contributed by atoms with Crippen molar-refractivity contribution >= 4 is 40.8 Å². The number of nitrogens with zero attached hydrogens (tertiary/aromatic N) is 2. The van der Waals surface area contributed by atoms with Crippen LogP contribution in [0, 0.1) is 11.7 Å². The Labute approximate surface area is 214 Å². The van der Waals surface area contributed by atoms with Gasteiger partial charge < -0.3 is 25.2 Å². The van der Waals surface area contributed by atoms with Gasteiger partial charge in [0.05, 0.1) is 11.8 Å². The van der Waals surface area contributed by atoms with E-state index in [0.29, 0.717) is 29.7 Å². The normalized spacial score (nSPS) is 21.5. The van der Waals surface area contributed by atoms with Crippen molar-refractivity contribution in [2.75, 3.05) is 37.4 Å². The molecule has 0 saturated carbocycles. The molecule has 0 bridgehead atoms. The fourth-order valence-corrected chi connectivity index (χ4v) is 4.79. The van der Waals surface area contributed by atoms with Crippen molar-refractivity contribution in [3.05, 3.63) is 58.9 Å². The van der Waals surface area contributed by atoms with E-state index in [1.54, 1.807) is 29.2 Å². The summed E-state index contributed by atoms with van der Waals surface area (Å²) in [6, 6.07) is 9.30. The number of ether oxygens (including phenoxy) is 1. The van der Waals surface area contributed by atoms with Crippen LogP contribution in [0.5, 0.6) is 0 Å². The van der Waals surface area contributed by atoms with Crippen LogP contribution in [0.4, 0.5) is 20.6 Å². The summed E-state index contributed by atoms with van der Waals surface area (Å²) < 4.78 is 20.3. The van der Waals surface area contributed by atoms with Gasteiger partial charge in [0, 0.05) is 49.4 Å². The zero-order valence-corrected chi connectivity index (χ0v) is 21.1. The van der Waals surface area contributed by atoms with Crippen molar-refractivity contribution in [2.24, 2.45) is 5.92 Å². The van der Waals surface area contributed by atoms with Gasteiger partial charge in [-0.2, -0.15) is 0 Å². The standard InChI is InChI=1S/C26H30ClFN4O4/c1-3-16-10-11-31(14-16)25(34)17-4-9-22(21(28)12-17)30-24(33)23-13-20(36-2)15-32(23)26(35)29-19-7-5-18(27)6-8-19/h4-9,12,16,20,23H,3,10-11,13-15H2,1-2H3,(H,29,35)(H,30,33)/t16?,20-,23-/m1/s1. The molecule has 4 rings (SSSR count). The van der Waals surface area contributed by atoms with Gasteiger partial charge in [-0.05, 0) is 54.8 Å². The van der Waals surface area contributed by atoms with E-state index < -0.39 is 23.8 Å². The molecule has 0 aromatic heterocycles. The summed E-state index contributed by atoms with van der Waals surface area (Å²) in [5, 5.41) is 5.85. The number of benzene rings is 2. The van der Waals surface area contributed by atoms with E-state index in [9.17, 15) is 18.8 Å². The monoisotopic (exact) mass is 516 g/mol. The maximum Gasteiger partial charge on any atom is 0.322 e. The molecule has 1 unspecified atom stereocenters. The highest BCUT2D eigenvalue weighted by atomic mass is 35.5. The van der Waals surface area contributed by atoms with Crippen molar-refractivity contribution in [3.8, 4) is 0 Å². The zero-order chi connectivity index (χ0) is 25.8. The van der Waals surface area contributed by atoms with Crippen molar-refractivity contribution < 1.29 is 23.5 Å². The van der Waals surface area contributed by atoms with Crippen LogP contribution in [-0.4, -0.2) is 66.5 Å². The summed E-state index contributed by atoms with van der Waals surface area (Å²) in [6.07, 6.45) is 1.88. The average Bonchev–Trinajstić information content (AvgIpc) is 3.53. The summed E-state index contributed by atoms with van der Waals surface area (Å²) in [7, 11) is 1.51. The summed E-state index contributed by atoms with van der Waals surface area (Å²) in [5.74, 6) is -0.992. The van der Waals surface area contributed by atoms with Crippen LogP contribution < -0.4 is 10.6 Å². The van der Waals surface area contributed by atoms with Crippen molar-refractivity contribution in [2.45, 2.75) is 38.3 Å². The molecule has 192 valence electrons. The maximum absolute atomic E-state index is 14.9. The van der Waals surface area contributed by atoms with E-state index in [2.05, 4.69) is 17.6 Å². The third-order valence-electron chi connectivity index (χ3n) is 6.88. The van der Waals surface area contributed by atoms with Gasteiger partial charge in [0.25, 0.3) is 5.91 Å². The lowest BCUT2D eigenvalue weighted by atomic mass is 10.1. The van der Waals surface area contributed by atoms with Gasteiger partial charge in [-0.25, -0.2) is 9.18 Å². The van der Waals surface area contributed by atoms with Gasteiger partial charge in [0.2, 0.25) is 5.91 Å². The van der Waals surface area contributed by atoms with Crippen LogP contribution in [0.25, 0.3) is 0 Å². The van der Waals surface area contributed by atoms with Crippen LogP contribution >= 0.6 is 11.6 Å². The molecule has 4 amide bonds. The lowest BCUT2D eigenvalue weighted by Gasteiger charge is -2.24. The predicted molar refractivity (Wildman–Crippen MR) is 136 cm³/mol. The minimum Gasteiger partial charge on any atom is -0.380 e. The molecule has 2 fully saturated rings. The van der Waals surface area contributed by atoms with Crippen LogP contribution in [0.3, 0.4) is 0 Å². The number of amides is 4. The number of urea groups is 1. The smallest absolute Gasteiger partial charge is 0.322 e. The molecule has 2 aliphatic rings. The van der Waals surface area contributed by atoms with Crippen LogP contribution in [-0.2, 0) is 9.53 Å². The molecule has 8 nitrogen and oxygen atoms in total. The van der Waals surface area contributed by atoms with E-state index in [-0.39, 0.29) is 36.2 Å². The first kappa shape index (κ1) is 25.9. The first-order valence-corrected chi connectivity index (χ1v) is 12.4. The third-order valence-corrected chi connectivity index (χ3v) is 7.13. The number of hydrogen-bond donors (Lipinski definition) is 2. The molecule has 2 N–H and O–H groups in total. The van der Waals surface area contributed by atoms with Crippen molar-refractivity contribution in [1.82, 2.24) is 9.80 Å². The second kappa shape index (κ2) is 11.3. The van der Waals surface area contributed by atoms with Gasteiger partial charge in [0.1, 0.15) is 11.9 Å². The highest BCUT2D eigenvalue weighted by Gasteiger charge is 2.40. The average molecular weight is 517 g/mol. The number of carbonyl (C=O) groups is 3. The van der Waals surface area contributed by atoms with Crippen LogP contribution in [0.15, 0.2) is 42.5 Å². The Balaban J connectivity index is 1.43. The van der Waals surface area contributed by atoms with Gasteiger partial charge >= 0.3 is 6.03 Å². The van der Waals surface area contributed by atoms with Gasteiger partial charge in [0.15, 0.2) is 0 Å². The summed E-state index contributed by atoms with van der Waals surface area (Å²) >= 11 is 5.90. The second-order valence-electron chi connectivity index (χ2n) is 9.20. The third kappa shape index (κ3) is 5.79. The Kier molecular flexibility index (Phi) is 8.11. The number of anilines is 2. The molecule has 0 spiro atoms. The first-order chi connectivity index (χ1) is 17.3. The summed E-state index contributed by atoms with van der Waals surface area (Å²) in [5.41, 5.74) is 0.717. The molecular weight excluding hydrogens is 487 g/mol. The SMILES string of the molecule is CCC1CCN(C(=O)c2ccc(NC(=O)[C@H]3C[C@@H](OC)CN3C(=O)Nc3ccc(Cl)cc3)c(F)c2)C1.